The fraction of sp³-hybridized carbons (Fsp3) is 0.480. The van der Waals surface area contributed by atoms with Gasteiger partial charge in [-0.3, -0.25) is 4.79 Å². The van der Waals surface area contributed by atoms with E-state index < -0.39 is 6.61 Å². The van der Waals surface area contributed by atoms with Crippen LogP contribution in [0.2, 0.25) is 0 Å². The molecule has 158 valence electrons. The first kappa shape index (κ1) is 19.5. The summed E-state index contributed by atoms with van der Waals surface area (Å²) in [7, 11) is 0. The van der Waals surface area contributed by atoms with E-state index in [9.17, 15) is 13.6 Å². The van der Waals surface area contributed by atoms with Gasteiger partial charge in [-0.1, -0.05) is 29.8 Å². The number of halogens is 2. The molecule has 0 unspecified atom stereocenters. The minimum absolute atomic E-state index is 0.0793. The van der Waals surface area contributed by atoms with Gasteiger partial charge in [0.05, 0.1) is 5.41 Å². The summed E-state index contributed by atoms with van der Waals surface area (Å²) in [6.45, 7) is -0.744. The van der Waals surface area contributed by atoms with Crippen LogP contribution in [0.4, 0.5) is 14.5 Å². The van der Waals surface area contributed by atoms with Gasteiger partial charge in [-0.15, -0.1) is 0 Å². The second-order valence-electron chi connectivity index (χ2n) is 9.74. The molecule has 2 aromatic rings. The van der Waals surface area contributed by atoms with Crippen molar-refractivity contribution < 1.29 is 18.3 Å². The van der Waals surface area contributed by atoms with Crippen LogP contribution in [0.25, 0.3) is 0 Å². The van der Waals surface area contributed by atoms with Crippen LogP contribution in [0, 0.1) is 24.2 Å². The van der Waals surface area contributed by atoms with Gasteiger partial charge in [-0.05, 0) is 92.5 Å². The smallest absolute Gasteiger partial charge is 0.387 e. The molecule has 0 aromatic heterocycles. The number of amides is 1. The van der Waals surface area contributed by atoms with Crippen molar-refractivity contribution in [2.24, 2.45) is 17.3 Å². The molecule has 0 heterocycles. The number of rotatable bonds is 5. The van der Waals surface area contributed by atoms with E-state index in [0.717, 1.165) is 19.3 Å². The molecule has 4 aliphatic rings. The van der Waals surface area contributed by atoms with Crippen molar-refractivity contribution in [3.05, 3.63) is 59.7 Å². The number of carbonyl (C=O) groups excluding carboxylic acids is 1. The number of aryl methyl sites for hydroxylation is 1. The lowest BCUT2D eigenvalue weighted by Crippen LogP contribution is -2.57. The third-order valence-corrected chi connectivity index (χ3v) is 7.54. The second kappa shape index (κ2) is 7.07. The van der Waals surface area contributed by atoms with Crippen molar-refractivity contribution in [3.63, 3.8) is 0 Å². The van der Waals surface area contributed by atoms with E-state index >= 15 is 0 Å². The van der Waals surface area contributed by atoms with E-state index in [2.05, 4.69) is 41.2 Å². The molecule has 4 saturated carbocycles. The van der Waals surface area contributed by atoms with E-state index in [-0.39, 0.29) is 22.5 Å². The fourth-order valence-corrected chi connectivity index (χ4v) is 6.76. The summed E-state index contributed by atoms with van der Waals surface area (Å²) in [5, 5.41) is 3.08. The van der Waals surface area contributed by atoms with Gasteiger partial charge in [0.1, 0.15) is 5.75 Å². The molecule has 0 spiro atoms. The van der Waals surface area contributed by atoms with Crippen LogP contribution in [0.1, 0.15) is 49.7 Å². The van der Waals surface area contributed by atoms with Crippen molar-refractivity contribution in [1.29, 1.82) is 0 Å². The van der Waals surface area contributed by atoms with E-state index in [0.29, 0.717) is 17.5 Å². The average Bonchev–Trinajstić information content (AvgIpc) is 2.68. The maximum Gasteiger partial charge on any atom is 0.387 e. The lowest BCUT2D eigenvalue weighted by Gasteiger charge is -2.61. The zero-order valence-electron chi connectivity index (χ0n) is 17.2. The molecule has 2 atom stereocenters. The molecule has 1 N–H and O–H groups in total. The lowest BCUT2D eigenvalue weighted by molar-refractivity contribution is -0.143. The molecule has 6 rings (SSSR count). The van der Waals surface area contributed by atoms with Crippen LogP contribution in [-0.4, -0.2) is 12.5 Å². The lowest BCUT2D eigenvalue weighted by atomic mass is 9.42. The van der Waals surface area contributed by atoms with Gasteiger partial charge < -0.3 is 10.1 Å². The standard InChI is InChI=1S/C25H27F2NO2/c1-16-2-4-19(5-3-16)24-11-17-10-18(12-24)14-25(13-17,15-24)22(29)28-20-6-8-21(9-7-20)30-23(26)27/h2-9,17-18,23H,10-15H2,1H3,(H,28,29)/t17-,18-,24?,25?/m0/s1. The Kier molecular flexibility index (Phi) is 4.60. The monoisotopic (exact) mass is 411 g/mol. The number of benzene rings is 2. The third-order valence-electron chi connectivity index (χ3n) is 7.54. The molecule has 2 aromatic carbocycles. The molecule has 0 saturated heterocycles. The highest BCUT2D eigenvalue weighted by Gasteiger charge is 2.60. The first-order valence-electron chi connectivity index (χ1n) is 10.8. The Morgan fingerprint density at radius 3 is 2.23 bits per heavy atom. The number of nitrogens with one attached hydrogen (secondary N) is 1. The van der Waals surface area contributed by atoms with E-state index in [4.69, 9.17) is 0 Å². The number of hydrogen-bond donors (Lipinski definition) is 1. The van der Waals surface area contributed by atoms with E-state index in [1.807, 2.05) is 0 Å². The van der Waals surface area contributed by atoms with Crippen LogP contribution >= 0.6 is 0 Å². The predicted octanol–water partition coefficient (Wildman–Crippen LogP) is 6.07. The van der Waals surface area contributed by atoms with Crippen LogP contribution in [0.3, 0.4) is 0 Å². The van der Waals surface area contributed by atoms with Gasteiger partial charge in [-0.25, -0.2) is 0 Å². The summed E-state index contributed by atoms with van der Waals surface area (Å²) in [5.74, 6) is 1.37. The van der Waals surface area contributed by atoms with Gasteiger partial charge >= 0.3 is 6.61 Å². The Balaban J connectivity index is 1.38. The zero-order chi connectivity index (χ0) is 20.9. The molecular weight excluding hydrogens is 384 g/mol. The van der Waals surface area contributed by atoms with Crippen molar-refractivity contribution in [2.45, 2.75) is 57.5 Å². The first-order chi connectivity index (χ1) is 14.4. The van der Waals surface area contributed by atoms with Crippen LogP contribution in [-0.2, 0) is 10.2 Å². The minimum atomic E-state index is -2.85. The average molecular weight is 411 g/mol. The van der Waals surface area contributed by atoms with Crippen LogP contribution in [0.5, 0.6) is 5.75 Å². The summed E-state index contributed by atoms with van der Waals surface area (Å²) >= 11 is 0. The summed E-state index contributed by atoms with van der Waals surface area (Å²) in [6, 6.07) is 15.1. The van der Waals surface area contributed by atoms with Gasteiger partial charge in [-0.2, -0.15) is 8.78 Å². The fourth-order valence-electron chi connectivity index (χ4n) is 6.76. The van der Waals surface area contributed by atoms with Crippen molar-refractivity contribution in [2.75, 3.05) is 5.32 Å². The molecule has 3 nitrogen and oxygen atoms in total. The van der Waals surface area contributed by atoms with Gasteiger partial charge in [0.2, 0.25) is 5.91 Å². The normalized spacial score (nSPS) is 31.7. The topological polar surface area (TPSA) is 38.3 Å². The van der Waals surface area contributed by atoms with Crippen LogP contribution in [0.15, 0.2) is 48.5 Å². The summed E-state index contributed by atoms with van der Waals surface area (Å²) in [4.78, 5) is 13.5. The SMILES string of the molecule is Cc1ccc(C23C[C@@H]4C[C@H](CC(C(=O)Nc5ccc(OC(F)F)cc5)(C4)C2)C3)cc1. The molecule has 0 radical (unpaired) electrons. The van der Waals surface area contributed by atoms with Crippen molar-refractivity contribution in [1.82, 2.24) is 0 Å². The number of anilines is 1. The van der Waals surface area contributed by atoms with Gasteiger partial charge in [0.25, 0.3) is 0 Å². The molecule has 0 aliphatic heterocycles. The Bertz CT molecular complexity index is 925. The molecule has 5 heteroatoms. The quantitative estimate of drug-likeness (QED) is 0.648. The highest BCUT2D eigenvalue weighted by atomic mass is 19.3. The Morgan fingerprint density at radius 2 is 1.63 bits per heavy atom. The number of carbonyl (C=O) groups is 1. The Hall–Kier alpha value is -2.43. The second-order valence-corrected chi connectivity index (χ2v) is 9.74. The Labute approximate surface area is 175 Å². The van der Waals surface area contributed by atoms with Crippen molar-refractivity contribution in [3.8, 4) is 5.75 Å². The number of hydrogen-bond acceptors (Lipinski definition) is 2. The highest BCUT2D eigenvalue weighted by Crippen LogP contribution is 2.66. The summed E-state index contributed by atoms with van der Waals surface area (Å²) in [6.07, 6.45) is 6.41. The molecule has 1 amide bonds. The third kappa shape index (κ3) is 3.38. The van der Waals surface area contributed by atoms with E-state index in [1.165, 1.54) is 42.5 Å². The number of ether oxygens (including phenoxy) is 1. The molecule has 4 aliphatic carbocycles. The summed E-state index contributed by atoms with van der Waals surface area (Å²) in [5.41, 5.74) is 3.03. The molecular formula is C25H27F2NO2. The van der Waals surface area contributed by atoms with Crippen LogP contribution < -0.4 is 10.1 Å². The molecule has 4 bridgehead atoms. The minimum Gasteiger partial charge on any atom is -0.435 e. The van der Waals surface area contributed by atoms with E-state index in [1.54, 1.807) is 12.1 Å². The molecule has 4 fully saturated rings. The largest absolute Gasteiger partial charge is 0.435 e. The van der Waals surface area contributed by atoms with Gasteiger partial charge in [0.15, 0.2) is 0 Å². The number of alkyl halides is 2. The first-order valence-corrected chi connectivity index (χ1v) is 10.8. The zero-order valence-corrected chi connectivity index (χ0v) is 17.2. The highest BCUT2D eigenvalue weighted by molar-refractivity contribution is 5.96. The maximum absolute atomic E-state index is 13.5. The Morgan fingerprint density at radius 1 is 1.00 bits per heavy atom. The molecule has 30 heavy (non-hydrogen) atoms. The summed E-state index contributed by atoms with van der Waals surface area (Å²) < 4.78 is 29.1. The van der Waals surface area contributed by atoms with Crippen molar-refractivity contribution >= 4 is 11.6 Å². The van der Waals surface area contributed by atoms with Gasteiger partial charge in [0, 0.05) is 5.69 Å². The predicted molar refractivity (Wildman–Crippen MR) is 112 cm³/mol. The maximum atomic E-state index is 13.5.